The zero-order valence-corrected chi connectivity index (χ0v) is 15.7. The molecule has 0 spiro atoms. The predicted molar refractivity (Wildman–Crippen MR) is 101 cm³/mol. The molecule has 5 nitrogen and oxygen atoms in total. The quantitative estimate of drug-likeness (QED) is 0.884. The Kier molecular flexibility index (Phi) is 5.09. The first-order chi connectivity index (χ1) is 12.6. The summed E-state index contributed by atoms with van der Waals surface area (Å²) in [6, 6.07) is 11.0. The van der Waals surface area contributed by atoms with Gasteiger partial charge >= 0.3 is 0 Å². The van der Waals surface area contributed by atoms with Crippen LogP contribution in [0, 0.1) is 5.92 Å². The molecule has 140 valence electrons. The number of nitrogens with zero attached hydrogens (tertiary/aromatic N) is 3. The van der Waals surface area contributed by atoms with E-state index in [2.05, 4.69) is 52.3 Å². The molecule has 0 radical (unpaired) electrons. The molecule has 26 heavy (non-hydrogen) atoms. The van der Waals surface area contributed by atoms with Crippen molar-refractivity contribution in [3.05, 3.63) is 47.6 Å². The molecule has 2 fully saturated rings. The molecular weight excluding hydrogens is 324 g/mol. The zero-order chi connectivity index (χ0) is 18.0. The molecule has 2 N–H and O–H groups in total. The molecule has 1 saturated heterocycles. The first kappa shape index (κ1) is 17.7. The number of likely N-dealkylation sites (tertiary alicyclic amines) is 1. The van der Waals surface area contributed by atoms with Crippen molar-refractivity contribution in [3.8, 4) is 0 Å². The molecule has 4 rings (SSSR count). The van der Waals surface area contributed by atoms with Crippen LogP contribution in [0.5, 0.6) is 0 Å². The van der Waals surface area contributed by atoms with Gasteiger partial charge < -0.3 is 10.3 Å². The van der Waals surface area contributed by atoms with Gasteiger partial charge in [-0.15, -0.1) is 0 Å². The van der Waals surface area contributed by atoms with Gasteiger partial charge in [-0.1, -0.05) is 48.3 Å². The fourth-order valence-electron chi connectivity index (χ4n) is 4.48. The van der Waals surface area contributed by atoms with E-state index in [9.17, 15) is 0 Å². The fraction of sp³-hybridized carbons (Fsp3) is 0.619. The van der Waals surface area contributed by atoms with Crippen LogP contribution in [0.1, 0.15) is 68.8 Å². The molecule has 5 heteroatoms. The van der Waals surface area contributed by atoms with E-state index < -0.39 is 0 Å². The minimum absolute atomic E-state index is 0.166. The molecular formula is C21H30N4O. The van der Waals surface area contributed by atoms with Gasteiger partial charge in [-0.3, -0.25) is 4.90 Å². The highest BCUT2D eigenvalue weighted by atomic mass is 16.5. The lowest BCUT2D eigenvalue weighted by Gasteiger charge is -2.34. The van der Waals surface area contributed by atoms with Crippen LogP contribution in [0.25, 0.3) is 0 Å². The van der Waals surface area contributed by atoms with Crippen molar-refractivity contribution >= 4 is 0 Å². The van der Waals surface area contributed by atoms with Crippen molar-refractivity contribution < 1.29 is 4.52 Å². The van der Waals surface area contributed by atoms with Crippen LogP contribution in [0.2, 0.25) is 0 Å². The van der Waals surface area contributed by atoms with Gasteiger partial charge in [-0.25, -0.2) is 0 Å². The lowest BCUT2D eigenvalue weighted by atomic mass is 9.89. The zero-order valence-electron chi connectivity index (χ0n) is 15.7. The molecule has 1 aromatic carbocycles. The third kappa shape index (κ3) is 3.69. The smallest absolute Gasteiger partial charge is 0.243 e. The maximum Gasteiger partial charge on any atom is 0.243 e. The lowest BCUT2D eigenvalue weighted by Crippen LogP contribution is -2.37. The standard InChI is InChI=1S/C21H30N4O/c1-16(19-23-20(24-26-19)21(22)11-5-6-12-21)25-13-9-18(10-14-25)15-17-7-3-2-4-8-17/h2-4,7-8,16,18H,5-6,9-15,22H2,1H3. The van der Waals surface area contributed by atoms with Crippen LogP contribution in [0.15, 0.2) is 34.9 Å². The maximum atomic E-state index is 6.47. The Morgan fingerprint density at radius 3 is 2.58 bits per heavy atom. The number of nitrogens with two attached hydrogens (primary N) is 1. The van der Waals surface area contributed by atoms with Gasteiger partial charge in [0.05, 0.1) is 11.6 Å². The van der Waals surface area contributed by atoms with Crippen LogP contribution in [0.4, 0.5) is 0 Å². The summed E-state index contributed by atoms with van der Waals surface area (Å²) in [7, 11) is 0. The first-order valence-corrected chi connectivity index (χ1v) is 10.0. The highest BCUT2D eigenvalue weighted by Crippen LogP contribution is 2.35. The number of aromatic nitrogens is 2. The summed E-state index contributed by atoms with van der Waals surface area (Å²) in [6.07, 6.45) is 7.87. The molecule has 2 aromatic rings. The van der Waals surface area contributed by atoms with Gasteiger partial charge in [0.15, 0.2) is 5.82 Å². The Balaban J connectivity index is 1.33. The molecule has 1 aliphatic carbocycles. The van der Waals surface area contributed by atoms with Gasteiger partial charge in [0.2, 0.25) is 5.89 Å². The Morgan fingerprint density at radius 2 is 1.88 bits per heavy atom. The maximum absolute atomic E-state index is 6.47. The molecule has 0 bridgehead atoms. The Bertz CT molecular complexity index is 700. The molecule has 1 aromatic heterocycles. The van der Waals surface area contributed by atoms with Crippen molar-refractivity contribution in [3.63, 3.8) is 0 Å². The second-order valence-electron chi connectivity index (χ2n) is 8.16. The number of piperidine rings is 1. The van der Waals surface area contributed by atoms with Crippen molar-refractivity contribution in [2.45, 2.75) is 63.5 Å². The summed E-state index contributed by atoms with van der Waals surface area (Å²) in [5.74, 6) is 2.19. The summed E-state index contributed by atoms with van der Waals surface area (Å²) in [4.78, 5) is 7.15. The summed E-state index contributed by atoms with van der Waals surface area (Å²) < 4.78 is 5.60. The Morgan fingerprint density at radius 1 is 1.19 bits per heavy atom. The van der Waals surface area contributed by atoms with Crippen LogP contribution >= 0.6 is 0 Å². The van der Waals surface area contributed by atoms with E-state index in [-0.39, 0.29) is 11.6 Å². The van der Waals surface area contributed by atoms with Crippen LogP contribution in [-0.4, -0.2) is 28.1 Å². The second kappa shape index (κ2) is 7.49. The van der Waals surface area contributed by atoms with Gasteiger partial charge in [-0.05, 0) is 63.6 Å². The van der Waals surface area contributed by atoms with Gasteiger partial charge in [-0.2, -0.15) is 4.98 Å². The minimum Gasteiger partial charge on any atom is -0.338 e. The van der Waals surface area contributed by atoms with E-state index in [0.29, 0.717) is 5.82 Å². The number of hydrogen-bond acceptors (Lipinski definition) is 5. The third-order valence-corrected chi connectivity index (χ3v) is 6.30. The van der Waals surface area contributed by atoms with Gasteiger partial charge in [0.25, 0.3) is 0 Å². The Hall–Kier alpha value is -1.72. The molecule has 1 aliphatic heterocycles. The summed E-state index contributed by atoms with van der Waals surface area (Å²) in [5, 5.41) is 4.22. The van der Waals surface area contributed by atoms with Crippen molar-refractivity contribution in [1.82, 2.24) is 15.0 Å². The molecule has 2 aliphatic rings. The third-order valence-electron chi connectivity index (χ3n) is 6.30. The highest BCUT2D eigenvalue weighted by Gasteiger charge is 2.37. The number of rotatable bonds is 5. The van der Waals surface area contributed by atoms with E-state index in [0.717, 1.165) is 50.6 Å². The molecule has 2 heterocycles. The lowest BCUT2D eigenvalue weighted by molar-refractivity contribution is 0.119. The molecule has 1 saturated carbocycles. The average molecular weight is 354 g/mol. The largest absolute Gasteiger partial charge is 0.338 e. The van der Waals surface area contributed by atoms with Crippen LogP contribution in [-0.2, 0) is 12.0 Å². The summed E-state index contributed by atoms with van der Waals surface area (Å²) >= 11 is 0. The highest BCUT2D eigenvalue weighted by molar-refractivity contribution is 5.15. The second-order valence-corrected chi connectivity index (χ2v) is 8.16. The van der Waals surface area contributed by atoms with Crippen molar-refractivity contribution in [2.75, 3.05) is 13.1 Å². The monoisotopic (exact) mass is 354 g/mol. The van der Waals surface area contributed by atoms with E-state index in [4.69, 9.17) is 10.3 Å². The Labute approximate surface area is 156 Å². The van der Waals surface area contributed by atoms with Crippen molar-refractivity contribution in [2.24, 2.45) is 11.7 Å². The van der Waals surface area contributed by atoms with Crippen LogP contribution < -0.4 is 5.73 Å². The topological polar surface area (TPSA) is 68.2 Å². The first-order valence-electron chi connectivity index (χ1n) is 10.0. The van der Waals surface area contributed by atoms with Crippen LogP contribution in [0.3, 0.4) is 0 Å². The average Bonchev–Trinajstić information content (AvgIpc) is 3.33. The van der Waals surface area contributed by atoms with E-state index in [1.807, 2.05) is 0 Å². The SMILES string of the molecule is CC(c1nc(C2(N)CCCC2)no1)N1CCC(Cc2ccccc2)CC1. The summed E-state index contributed by atoms with van der Waals surface area (Å²) in [5.41, 5.74) is 7.54. The normalized spacial score (nSPS) is 22.5. The predicted octanol–water partition coefficient (Wildman–Crippen LogP) is 3.81. The summed E-state index contributed by atoms with van der Waals surface area (Å²) in [6.45, 7) is 4.35. The van der Waals surface area contributed by atoms with Gasteiger partial charge in [0, 0.05) is 0 Å². The minimum atomic E-state index is -0.371. The van der Waals surface area contributed by atoms with Crippen molar-refractivity contribution in [1.29, 1.82) is 0 Å². The van der Waals surface area contributed by atoms with E-state index in [1.54, 1.807) is 0 Å². The van der Waals surface area contributed by atoms with E-state index in [1.165, 1.54) is 24.8 Å². The fourth-order valence-corrected chi connectivity index (χ4v) is 4.48. The number of benzene rings is 1. The number of hydrogen-bond donors (Lipinski definition) is 1. The molecule has 1 atom stereocenters. The van der Waals surface area contributed by atoms with Gasteiger partial charge in [0.1, 0.15) is 0 Å². The molecule has 1 unspecified atom stereocenters. The molecule has 0 amide bonds. The van der Waals surface area contributed by atoms with E-state index >= 15 is 0 Å².